The van der Waals surface area contributed by atoms with Gasteiger partial charge in [-0.25, -0.2) is 0 Å². The molecule has 0 spiro atoms. The molecule has 4 heteroatoms. The van der Waals surface area contributed by atoms with E-state index in [-0.39, 0.29) is 11.4 Å². The normalized spacial score (nSPS) is 16.9. The number of nitrogens with two attached hydrogens (primary N) is 1. The Hall–Kier alpha value is -1.55. The average Bonchev–Trinajstić information content (AvgIpc) is 2.32. The van der Waals surface area contributed by atoms with Crippen molar-refractivity contribution in [2.24, 2.45) is 5.73 Å². The smallest absolute Gasteiger partial charge is 0.124 e. The van der Waals surface area contributed by atoms with Crippen LogP contribution in [0.3, 0.4) is 0 Å². The van der Waals surface area contributed by atoms with Crippen molar-refractivity contribution in [2.45, 2.75) is 31.7 Å². The fraction of sp³-hybridized carbons (Fsp3) is 0.562. The Bertz CT molecular complexity index is 503. The van der Waals surface area contributed by atoms with E-state index in [2.05, 4.69) is 43.9 Å². The summed E-state index contributed by atoms with van der Waals surface area (Å²) in [7, 11) is 6.43. The molecule has 4 nitrogen and oxygen atoms in total. The first-order valence-electron chi connectivity index (χ1n) is 7.19. The van der Waals surface area contributed by atoms with Crippen LogP contribution in [0.5, 0.6) is 0 Å². The molecular formula is C16H26N4. The van der Waals surface area contributed by atoms with E-state index in [1.54, 1.807) is 0 Å². The predicted octanol–water partition coefficient (Wildman–Crippen LogP) is 2.20. The minimum absolute atomic E-state index is 0.138. The van der Waals surface area contributed by atoms with Crippen LogP contribution in [0.25, 0.3) is 0 Å². The summed E-state index contributed by atoms with van der Waals surface area (Å²) in [6.45, 7) is 3.05. The van der Waals surface area contributed by atoms with Crippen LogP contribution in [0, 0.1) is 12.3 Å². The number of aryl methyl sites for hydroxylation is 1. The van der Waals surface area contributed by atoms with Gasteiger partial charge < -0.3 is 15.5 Å². The van der Waals surface area contributed by atoms with E-state index < -0.39 is 0 Å². The van der Waals surface area contributed by atoms with Crippen molar-refractivity contribution in [3.05, 3.63) is 29.3 Å². The number of likely N-dealkylation sites (N-methyl/N-ethyl adjacent to an activating group) is 2. The van der Waals surface area contributed by atoms with Gasteiger partial charge in [-0.2, -0.15) is 0 Å². The molecule has 1 fully saturated rings. The molecule has 0 atom stereocenters. The molecule has 1 aromatic carbocycles. The number of nitrogen functional groups attached to an aromatic ring is 1. The summed E-state index contributed by atoms with van der Waals surface area (Å²) in [4.78, 5) is 4.60. The molecule has 0 bridgehead atoms. The van der Waals surface area contributed by atoms with Gasteiger partial charge in [0.2, 0.25) is 0 Å². The van der Waals surface area contributed by atoms with Crippen molar-refractivity contribution in [1.82, 2.24) is 4.90 Å². The van der Waals surface area contributed by atoms with Gasteiger partial charge in [-0.1, -0.05) is 6.07 Å². The number of nitrogens with zero attached hydrogens (tertiary/aromatic N) is 2. The van der Waals surface area contributed by atoms with Crippen molar-refractivity contribution in [3.8, 4) is 0 Å². The summed E-state index contributed by atoms with van der Waals surface area (Å²) in [5.41, 5.74) is 9.07. The lowest BCUT2D eigenvalue weighted by Gasteiger charge is -2.49. The van der Waals surface area contributed by atoms with Gasteiger partial charge in [0.05, 0.1) is 0 Å². The SMILES string of the molecule is Cc1ccc(C(=N)N)c(N(C)CC2(N(C)C)CCC2)c1. The molecule has 3 N–H and O–H groups in total. The molecular weight excluding hydrogens is 248 g/mol. The minimum Gasteiger partial charge on any atom is -0.384 e. The highest BCUT2D eigenvalue weighted by Gasteiger charge is 2.40. The Balaban J connectivity index is 2.27. The van der Waals surface area contributed by atoms with Crippen LogP contribution in [0.1, 0.15) is 30.4 Å². The molecule has 1 aliphatic carbocycles. The third-order valence-corrected chi connectivity index (χ3v) is 4.62. The van der Waals surface area contributed by atoms with E-state index in [1.165, 1.54) is 24.8 Å². The van der Waals surface area contributed by atoms with Crippen molar-refractivity contribution < 1.29 is 0 Å². The summed E-state index contributed by atoms with van der Waals surface area (Å²) in [6, 6.07) is 6.09. The van der Waals surface area contributed by atoms with Gasteiger partial charge in [0.25, 0.3) is 0 Å². The lowest BCUT2D eigenvalue weighted by Crippen LogP contribution is -2.57. The van der Waals surface area contributed by atoms with E-state index in [0.717, 1.165) is 17.8 Å². The molecule has 1 aromatic rings. The fourth-order valence-electron chi connectivity index (χ4n) is 3.04. The van der Waals surface area contributed by atoms with Crippen molar-refractivity contribution in [2.75, 3.05) is 32.6 Å². The predicted molar refractivity (Wildman–Crippen MR) is 85.7 cm³/mol. The van der Waals surface area contributed by atoms with E-state index in [4.69, 9.17) is 11.1 Å². The first kappa shape index (κ1) is 14.9. The maximum Gasteiger partial charge on any atom is 0.124 e. The largest absolute Gasteiger partial charge is 0.384 e. The molecule has 0 amide bonds. The van der Waals surface area contributed by atoms with E-state index in [9.17, 15) is 0 Å². The topological polar surface area (TPSA) is 56.4 Å². The summed E-state index contributed by atoms with van der Waals surface area (Å²) >= 11 is 0. The van der Waals surface area contributed by atoms with Gasteiger partial charge in [0.15, 0.2) is 0 Å². The number of hydrogen-bond donors (Lipinski definition) is 2. The molecule has 2 rings (SSSR count). The lowest BCUT2D eigenvalue weighted by molar-refractivity contribution is 0.0683. The molecule has 0 heterocycles. The van der Waals surface area contributed by atoms with Crippen LogP contribution in [0.4, 0.5) is 5.69 Å². The number of amidine groups is 1. The Morgan fingerprint density at radius 2 is 1.95 bits per heavy atom. The average molecular weight is 274 g/mol. The molecule has 1 aliphatic rings. The number of benzene rings is 1. The summed E-state index contributed by atoms with van der Waals surface area (Å²) in [6.07, 6.45) is 3.79. The van der Waals surface area contributed by atoms with Crippen LogP contribution in [0.2, 0.25) is 0 Å². The highest BCUT2D eigenvalue weighted by Crippen LogP contribution is 2.37. The number of hydrogen-bond acceptors (Lipinski definition) is 3. The van der Waals surface area contributed by atoms with E-state index in [0.29, 0.717) is 0 Å². The summed E-state index contributed by atoms with van der Waals surface area (Å²) < 4.78 is 0. The Morgan fingerprint density at radius 3 is 2.40 bits per heavy atom. The molecule has 0 aliphatic heterocycles. The first-order chi connectivity index (χ1) is 9.35. The number of rotatable bonds is 5. The standard InChI is InChI=1S/C16H26N4/c1-12-6-7-13(15(17)18)14(10-12)20(4)11-16(19(2)3)8-5-9-16/h6-7,10H,5,8-9,11H2,1-4H3,(H3,17,18). The molecule has 20 heavy (non-hydrogen) atoms. The minimum atomic E-state index is 0.138. The van der Waals surface area contributed by atoms with Crippen molar-refractivity contribution in [3.63, 3.8) is 0 Å². The second kappa shape index (κ2) is 5.44. The second-order valence-corrected chi connectivity index (χ2v) is 6.26. The van der Waals surface area contributed by atoms with Crippen molar-refractivity contribution >= 4 is 11.5 Å². The number of anilines is 1. The Kier molecular flexibility index (Phi) is 4.04. The molecule has 110 valence electrons. The Morgan fingerprint density at radius 1 is 1.30 bits per heavy atom. The van der Waals surface area contributed by atoms with Gasteiger partial charge >= 0.3 is 0 Å². The highest BCUT2D eigenvalue weighted by molar-refractivity contribution is 6.00. The maximum atomic E-state index is 7.76. The van der Waals surface area contributed by atoms with Gasteiger partial charge in [-0.15, -0.1) is 0 Å². The van der Waals surface area contributed by atoms with Crippen LogP contribution >= 0.6 is 0 Å². The zero-order chi connectivity index (χ0) is 14.9. The van der Waals surface area contributed by atoms with Gasteiger partial charge in [0.1, 0.15) is 5.84 Å². The maximum absolute atomic E-state index is 7.76. The molecule has 0 aromatic heterocycles. The lowest BCUT2D eigenvalue weighted by atomic mass is 9.75. The molecule has 0 saturated heterocycles. The zero-order valence-electron chi connectivity index (χ0n) is 13.0. The van der Waals surface area contributed by atoms with Crippen molar-refractivity contribution in [1.29, 1.82) is 5.41 Å². The summed E-state index contributed by atoms with van der Waals surface area (Å²) in [5, 5.41) is 7.76. The highest BCUT2D eigenvalue weighted by atomic mass is 15.2. The number of nitrogens with one attached hydrogen (secondary N) is 1. The fourth-order valence-corrected chi connectivity index (χ4v) is 3.04. The van der Waals surface area contributed by atoms with Gasteiger partial charge in [-0.3, -0.25) is 5.41 Å². The molecule has 0 unspecified atom stereocenters. The van der Waals surface area contributed by atoms with Crippen LogP contribution in [-0.2, 0) is 0 Å². The zero-order valence-corrected chi connectivity index (χ0v) is 13.0. The first-order valence-corrected chi connectivity index (χ1v) is 7.19. The van der Waals surface area contributed by atoms with Gasteiger partial charge in [0, 0.05) is 30.4 Å². The van der Waals surface area contributed by atoms with E-state index in [1.807, 2.05) is 12.1 Å². The quantitative estimate of drug-likeness (QED) is 0.639. The molecule has 0 radical (unpaired) electrons. The molecule has 1 saturated carbocycles. The van der Waals surface area contributed by atoms with Crippen LogP contribution < -0.4 is 10.6 Å². The van der Waals surface area contributed by atoms with Crippen LogP contribution in [0.15, 0.2) is 18.2 Å². The third kappa shape index (κ3) is 2.66. The van der Waals surface area contributed by atoms with Crippen LogP contribution in [-0.4, -0.2) is 44.0 Å². The van der Waals surface area contributed by atoms with E-state index >= 15 is 0 Å². The second-order valence-electron chi connectivity index (χ2n) is 6.26. The Labute approximate surface area is 122 Å². The summed E-state index contributed by atoms with van der Waals surface area (Å²) in [5.74, 6) is 0.138. The monoisotopic (exact) mass is 274 g/mol. The van der Waals surface area contributed by atoms with Gasteiger partial charge in [-0.05, 0) is 58.0 Å². The third-order valence-electron chi connectivity index (χ3n) is 4.62.